The van der Waals surface area contributed by atoms with E-state index in [9.17, 15) is 9.59 Å². The summed E-state index contributed by atoms with van der Waals surface area (Å²) in [6.07, 6.45) is 0.230. The predicted octanol–water partition coefficient (Wildman–Crippen LogP) is 5.43. The second-order valence-corrected chi connectivity index (χ2v) is 6.71. The molecule has 0 aliphatic heterocycles. The number of halogens is 2. The van der Waals surface area contributed by atoms with E-state index in [0.717, 1.165) is 5.56 Å². The molecule has 0 saturated heterocycles. The fourth-order valence-corrected chi connectivity index (χ4v) is 2.86. The molecule has 0 spiro atoms. The molecule has 4 nitrogen and oxygen atoms in total. The Hall–Kier alpha value is -2.82. The number of carbonyl (C=O) groups is 2. The van der Waals surface area contributed by atoms with Crippen molar-refractivity contribution in [2.75, 3.05) is 10.6 Å². The fourth-order valence-electron chi connectivity index (χ4n) is 2.51. The van der Waals surface area contributed by atoms with E-state index in [1.807, 2.05) is 12.1 Å². The number of hydrogen-bond acceptors (Lipinski definition) is 2. The van der Waals surface area contributed by atoms with Gasteiger partial charge in [-0.2, -0.15) is 0 Å². The van der Waals surface area contributed by atoms with Crippen LogP contribution in [0.3, 0.4) is 0 Å². The Balaban J connectivity index is 1.64. The maximum Gasteiger partial charge on any atom is 0.257 e. The second kappa shape index (κ2) is 8.71. The number of amides is 2. The van der Waals surface area contributed by atoms with Gasteiger partial charge in [0.1, 0.15) is 0 Å². The summed E-state index contributed by atoms with van der Waals surface area (Å²) in [7, 11) is 0. The molecule has 0 fully saturated rings. The SMILES string of the molecule is O=C(Cc1ccc(Cl)cc1)Nc1cccc(NC(=O)c2ccccc2Cl)c1. The molecule has 0 saturated carbocycles. The summed E-state index contributed by atoms with van der Waals surface area (Å²) in [5.74, 6) is -0.475. The maximum atomic E-state index is 12.3. The Bertz CT molecular complexity index is 972. The largest absolute Gasteiger partial charge is 0.326 e. The van der Waals surface area contributed by atoms with E-state index in [2.05, 4.69) is 10.6 Å². The molecule has 6 heteroatoms. The van der Waals surface area contributed by atoms with Crippen LogP contribution in [-0.2, 0) is 11.2 Å². The Morgan fingerprint density at radius 2 is 1.44 bits per heavy atom. The number of nitrogens with one attached hydrogen (secondary N) is 2. The monoisotopic (exact) mass is 398 g/mol. The molecule has 3 rings (SSSR count). The van der Waals surface area contributed by atoms with Gasteiger partial charge < -0.3 is 10.6 Å². The predicted molar refractivity (Wildman–Crippen MR) is 110 cm³/mol. The van der Waals surface area contributed by atoms with Crippen LogP contribution in [-0.4, -0.2) is 11.8 Å². The lowest BCUT2D eigenvalue weighted by atomic mass is 10.1. The molecule has 0 aliphatic rings. The van der Waals surface area contributed by atoms with Crippen molar-refractivity contribution in [3.05, 3.63) is 94.0 Å². The van der Waals surface area contributed by atoms with Crippen molar-refractivity contribution in [3.63, 3.8) is 0 Å². The Morgan fingerprint density at radius 3 is 2.15 bits per heavy atom. The Morgan fingerprint density at radius 1 is 0.778 bits per heavy atom. The van der Waals surface area contributed by atoms with Crippen LogP contribution in [0, 0.1) is 0 Å². The molecule has 0 aliphatic carbocycles. The summed E-state index contributed by atoms with van der Waals surface area (Å²) in [5.41, 5.74) is 2.39. The summed E-state index contributed by atoms with van der Waals surface area (Å²) in [4.78, 5) is 24.6. The van der Waals surface area contributed by atoms with Crippen molar-refractivity contribution in [2.24, 2.45) is 0 Å². The number of benzene rings is 3. The molecule has 0 heterocycles. The number of carbonyl (C=O) groups excluding carboxylic acids is 2. The van der Waals surface area contributed by atoms with Gasteiger partial charge in [-0.05, 0) is 48.0 Å². The van der Waals surface area contributed by atoms with Gasteiger partial charge in [-0.25, -0.2) is 0 Å². The third-order valence-electron chi connectivity index (χ3n) is 3.80. The third kappa shape index (κ3) is 5.33. The van der Waals surface area contributed by atoms with Crippen molar-refractivity contribution in [3.8, 4) is 0 Å². The van der Waals surface area contributed by atoms with E-state index in [-0.39, 0.29) is 18.2 Å². The van der Waals surface area contributed by atoms with Gasteiger partial charge in [-0.15, -0.1) is 0 Å². The first kappa shape index (κ1) is 19.0. The minimum atomic E-state index is -0.315. The van der Waals surface area contributed by atoms with Crippen LogP contribution in [0.2, 0.25) is 10.0 Å². The van der Waals surface area contributed by atoms with Gasteiger partial charge in [0.2, 0.25) is 5.91 Å². The van der Waals surface area contributed by atoms with Crippen LogP contribution in [0.25, 0.3) is 0 Å². The lowest BCUT2D eigenvalue weighted by molar-refractivity contribution is -0.115. The standard InChI is InChI=1S/C21H16Cl2N2O2/c22-15-10-8-14(9-11-15)12-20(26)24-16-4-3-5-17(13-16)25-21(27)18-6-1-2-7-19(18)23/h1-11,13H,12H2,(H,24,26)(H,25,27). The number of rotatable bonds is 5. The van der Waals surface area contributed by atoms with Gasteiger partial charge in [0, 0.05) is 16.4 Å². The molecule has 2 N–H and O–H groups in total. The molecular weight excluding hydrogens is 383 g/mol. The van der Waals surface area contributed by atoms with Gasteiger partial charge in [0.15, 0.2) is 0 Å². The molecule has 0 atom stereocenters. The molecule has 3 aromatic carbocycles. The van der Waals surface area contributed by atoms with Crippen LogP contribution >= 0.6 is 23.2 Å². The first-order valence-corrected chi connectivity index (χ1v) is 8.97. The van der Waals surface area contributed by atoms with Crippen molar-refractivity contribution < 1.29 is 9.59 Å². The lowest BCUT2D eigenvalue weighted by Crippen LogP contribution is -2.15. The highest BCUT2D eigenvalue weighted by Gasteiger charge is 2.10. The topological polar surface area (TPSA) is 58.2 Å². The van der Waals surface area contributed by atoms with Gasteiger partial charge in [0.25, 0.3) is 5.91 Å². The first-order valence-electron chi connectivity index (χ1n) is 8.21. The highest BCUT2D eigenvalue weighted by atomic mass is 35.5. The highest BCUT2D eigenvalue weighted by molar-refractivity contribution is 6.34. The Labute approximate surface area is 167 Å². The number of anilines is 2. The minimum absolute atomic E-state index is 0.160. The average Bonchev–Trinajstić information content (AvgIpc) is 2.64. The van der Waals surface area contributed by atoms with E-state index in [1.165, 1.54) is 0 Å². The quantitative estimate of drug-likeness (QED) is 0.601. The van der Waals surface area contributed by atoms with Crippen molar-refractivity contribution in [1.82, 2.24) is 0 Å². The molecule has 0 bridgehead atoms. The smallest absolute Gasteiger partial charge is 0.257 e. The molecule has 27 heavy (non-hydrogen) atoms. The highest BCUT2D eigenvalue weighted by Crippen LogP contribution is 2.20. The van der Waals surface area contributed by atoms with Crippen LogP contribution in [0.4, 0.5) is 11.4 Å². The van der Waals surface area contributed by atoms with Crippen LogP contribution < -0.4 is 10.6 Å². The summed E-state index contributed by atoms with van der Waals surface area (Å²) in [6, 6.07) is 20.8. The molecular formula is C21H16Cl2N2O2. The maximum absolute atomic E-state index is 12.3. The second-order valence-electron chi connectivity index (χ2n) is 5.87. The van der Waals surface area contributed by atoms with Gasteiger partial charge >= 0.3 is 0 Å². The molecule has 0 aromatic heterocycles. The molecule has 2 amide bonds. The minimum Gasteiger partial charge on any atom is -0.326 e. The first-order chi connectivity index (χ1) is 13.0. The zero-order chi connectivity index (χ0) is 19.2. The van der Waals surface area contributed by atoms with Crippen LogP contribution in [0.5, 0.6) is 0 Å². The van der Waals surface area contributed by atoms with Gasteiger partial charge in [-0.3, -0.25) is 9.59 Å². The Kier molecular flexibility index (Phi) is 6.12. The molecule has 0 radical (unpaired) electrons. The summed E-state index contributed by atoms with van der Waals surface area (Å²) in [5, 5.41) is 6.60. The third-order valence-corrected chi connectivity index (χ3v) is 4.38. The summed E-state index contributed by atoms with van der Waals surface area (Å²) >= 11 is 11.9. The van der Waals surface area contributed by atoms with Gasteiger partial charge in [0.05, 0.1) is 17.0 Å². The van der Waals surface area contributed by atoms with Crippen molar-refractivity contribution >= 4 is 46.4 Å². The number of hydrogen-bond donors (Lipinski definition) is 2. The van der Waals surface area contributed by atoms with E-state index in [4.69, 9.17) is 23.2 Å². The van der Waals surface area contributed by atoms with E-state index in [1.54, 1.807) is 60.7 Å². The van der Waals surface area contributed by atoms with Gasteiger partial charge in [-0.1, -0.05) is 53.5 Å². The van der Waals surface area contributed by atoms with Crippen LogP contribution in [0.1, 0.15) is 15.9 Å². The van der Waals surface area contributed by atoms with E-state index < -0.39 is 0 Å². The average molecular weight is 399 g/mol. The van der Waals surface area contributed by atoms with Crippen molar-refractivity contribution in [2.45, 2.75) is 6.42 Å². The summed E-state index contributed by atoms with van der Waals surface area (Å²) < 4.78 is 0. The van der Waals surface area contributed by atoms with E-state index in [0.29, 0.717) is 27.0 Å². The molecule has 0 unspecified atom stereocenters. The van der Waals surface area contributed by atoms with E-state index >= 15 is 0 Å². The molecule has 136 valence electrons. The lowest BCUT2D eigenvalue weighted by Gasteiger charge is -2.10. The van der Waals surface area contributed by atoms with Crippen molar-refractivity contribution in [1.29, 1.82) is 0 Å². The molecule has 3 aromatic rings. The zero-order valence-corrected chi connectivity index (χ0v) is 15.7. The summed E-state index contributed by atoms with van der Waals surface area (Å²) in [6.45, 7) is 0. The normalized spacial score (nSPS) is 10.3. The van der Waals surface area contributed by atoms with Crippen LogP contribution in [0.15, 0.2) is 72.8 Å². The fraction of sp³-hybridized carbons (Fsp3) is 0.0476. The zero-order valence-electron chi connectivity index (χ0n) is 14.2.